The Labute approximate surface area is 204 Å². The van der Waals surface area contributed by atoms with Gasteiger partial charge in [-0.3, -0.25) is 0 Å². The van der Waals surface area contributed by atoms with E-state index in [-0.39, 0.29) is 41.7 Å². The van der Waals surface area contributed by atoms with Crippen LogP contribution >= 0.6 is 0 Å². The molecule has 1 atom stereocenters. The average molecular weight is 443 g/mol. The molecule has 0 aliphatic carbocycles. The maximum atomic E-state index is 10.5. The number of hydrogen-bond donors (Lipinski definition) is 1. The zero-order valence-corrected chi connectivity index (χ0v) is 22.3. The van der Waals surface area contributed by atoms with E-state index in [1.807, 2.05) is 0 Å². The molecule has 0 saturated carbocycles. The third-order valence-electron chi connectivity index (χ3n) is 5.57. The molecule has 1 unspecified atom stereocenters. The van der Waals surface area contributed by atoms with Crippen molar-refractivity contribution >= 4 is 10.1 Å². The number of hydrogen-bond acceptors (Lipinski definition) is 4. The summed E-state index contributed by atoms with van der Waals surface area (Å²) in [6.45, 7) is 2.27. The molecule has 0 fully saturated rings. The van der Waals surface area contributed by atoms with Crippen LogP contribution in [0.3, 0.4) is 0 Å². The summed E-state index contributed by atoms with van der Waals surface area (Å²) in [6.07, 6.45) is 23.7. The van der Waals surface area contributed by atoms with Gasteiger partial charge >= 0.3 is 29.6 Å². The van der Waals surface area contributed by atoms with Crippen molar-refractivity contribution in [3.8, 4) is 0 Å². The zero-order valence-electron chi connectivity index (χ0n) is 19.5. The molecule has 0 heterocycles. The molecular formula is C23H47NaO4S. The minimum atomic E-state index is -4.13. The fourth-order valence-corrected chi connectivity index (χ4v) is 4.27. The molecule has 0 aromatic rings. The van der Waals surface area contributed by atoms with Crippen molar-refractivity contribution in [1.82, 2.24) is 0 Å². The summed E-state index contributed by atoms with van der Waals surface area (Å²) < 4.78 is 31.5. The van der Waals surface area contributed by atoms with Gasteiger partial charge in [-0.25, -0.2) is 8.42 Å². The first-order valence-corrected chi connectivity index (χ1v) is 13.6. The molecule has 1 N–H and O–H groups in total. The molecule has 4 nitrogen and oxygen atoms in total. The third kappa shape index (κ3) is 28.9. The van der Waals surface area contributed by atoms with Gasteiger partial charge < -0.3 is 9.66 Å². The topological polar surface area (TPSA) is 77.4 Å². The Hall–Kier alpha value is 0.870. The van der Waals surface area contributed by atoms with Crippen LogP contribution in [0.4, 0.5) is 0 Å². The molecule has 0 aliphatic heterocycles. The second-order valence-corrected chi connectivity index (χ2v) is 10.0. The summed E-state index contributed by atoms with van der Waals surface area (Å²) in [6, 6.07) is 0. The van der Waals surface area contributed by atoms with Gasteiger partial charge in [0.1, 0.15) is 0 Å². The Morgan fingerprint density at radius 3 is 1.28 bits per heavy atom. The van der Waals surface area contributed by atoms with E-state index in [9.17, 15) is 18.1 Å². The van der Waals surface area contributed by atoms with Crippen molar-refractivity contribution in [1.29, 1.82) is 0 Å². The number of aliphatic hydroxyl groups is 1. The fourth-order valence-electron chi connectivity index (χ4n) is 3.74. The van der Waals surface area contributed by atoms with Gasteiger partial charge in [-0.15, -0.1) is 0 Å². The van der Waals surface area contributed by atoms with Crippen LogP contribution in [0.1, 0.15) is 135 Å². The maximum Gasteiger partial charge on any atom is 1.00 e. The fraction of sp³-hybridized carbons (Fsp3) is 1.00. The normalized spacial score (nSPS) is 12.7. The van der Waals surface area contributed by atoms with Gasteiger partial charge in [0, 0.05) is 5.75 Å². The van der Waals surface area contributed by atoms with Gasteiger partial charge in [-0.1, -0.05) is 116 Å². The van der Waals surface area contributed by atoms with Crippen LogP contribution in [0.5, 0.6) is 0 Å². The van der Waals surface area contributed by atoms with Crippen LogP contribution in [-0.4, -0.2) is 29.9 Å². The first kappa shape index (κ1) is 32.1. The van der Waals surface area contributed by atoms with Crippen molar-refractivity contribution in [2.24, 2.45) is 0 Å². The minimum Gasteiger partial charge on any atom is -0.748 e. The summed E-state index contributed by atoms with van der Waals surface area (Å²) in [5.74, 6) is -0.358. The van der Waals surface area contributed by atoms with E-state index in [1.54, 1.807) is 0 Å². The second kappa shape index (κ2) is 23.5. The van der Waals surface area contributed by atoms with Crippen LogP contribution < -0.4 is 29.6 Å². The molecule has 0 amide bonds. The van der Waals surface area contributed by atoms with Gasteiger partial charge in [0.05, 0.1) is 16.2 Å². The molecule has 6 heteroatoms. The summed E-state index contributed by atoms with van der Waals surface area (Å²) in [5, 5.41) is 9.77. The van der Waals surface area contributed by atoms with Gasteiger partial charge in [-0.2, -0.15) is 0 Å². The predicted octanol–water partition coefficient (Wildman–Crippen LogP) is 3.72. The number of unbranched alkanes of at least 4 members (excludes halogenated alkanes) is 16. The Bertz CT molecular complexity index is 415. The van der Waals surface area contributed by atoms with Gasteiger partial charge in [0.25, 0.3) is 0 Å². The Kier molecular flexibility index (Phi) is 26.0. The molecule has 0 saturated heterocycles. The molecule has 0 radical (unpaired) electrons. The SMILES string of the molecule is CCCCCCCCCCCCCCCCCCCC(O)CCCS(=O)(=O)[O-].[Na+]. The predicted molar refractivity (Wildman–Crippen MR) is 119 cm³/mol. The Morgan fingerprint density at radius 1 is 0.621 bits per heavy atom. The van der Waals surface area contributed by atoms with E-state index >= 15 is 0 Å². The van der Waals surface area contributed by atoms with Crippen molar-refractivity contribution in [2.45, 2.75) is 141 Å². The Morgan fingerprint density at radius 2 is 0.931 bits per heavy atom. The number of aliphatic hydroxyl groups excluding tert-OH is 1. The van der Waals surface area contributed by atoms with Crippen LogP contribution in [0.2, 0.25) is 0 Å². The molecule has 170 valence electrons. The summed E-state index contributed by atoms with van der Waals surface area (Å²) in [7, 11) is -4.13. The molecule has 0 aromatic carbocycles. The summed E-state index contributed by atoms with van der Waals surface area (Å²) in [5.41, 5.74) is 0. The molecule has 0 spiro atoms. The van der Waals surface area contributed by atoms with Crippen molar-refractivity contribution in [3.05, 3.63) is 0 Å². The van der Waals surface area contributed by atoms with E-state index in [2.05, 4.69) is 6.92 Å². The van der Waals surface area contributed by atoms with E-state index in [4.69, 9.17) is 0 Å². The molecule has 0 aromatic heterocycles. The minimum absolute atomic E-state index is 0. The van der Waals surface area contributed by atoms with E-state index in [1.165, 1.54) is 96.3 Å². The average Bonchev–Trinajstić information content (AvgIpc) is 2.63. The van der Waals surface area contributed by atoms with Crippen LogP contribution in [0.15, 0.2) is 0 Å². The molecule has 0 aliphatic rings. The van der Waals surface area contributed by atoms with Crippen molar-refractivity contribution < 1.29 is 47.6 Å². The maximum absolute atomic E-state index is 10.5. The largest absolute Gasteiger partial charge is 1.00 e. The quantitative estimate of drug-likeness (QED) is 0.157. The smallest absolute Gasteiger partial charge is 0.748 e. The first-order chi connectivity index (χ1) is 13.5. The summed E-state index contributed by atoms with van der Waals surface area (Å²) >= 11 is 0. The number of rotatable bonds is 22. The first-order valence-electron chi connectivity index (χ1n) is 12.1. The zero-order chi connectivity index (χ0) is 20.9. The van der Waals surface area contributed by atoms with Crippen LogP contribution in [0.25, 0.3) is 0 Å². The molecule has 29 heavy (non-hydrogen) atoms. The van der Waals surface area contributed by atoms with E-state index < -0.39 is 16.2 Å². The van der Waals surface area contributed by atoms with Gasteiger partial charge in [-0.05, 0) is 19.3 Å². The van der Waals surface area contributed by atoms with Crippen molar-refractivity contribution in [3.63, 3.8) is 0 Å². The summed E-state index contributed by atoms with van der Waals surface area (Å²) in [4.78, 5) is 0. The second-order valence-electron chi connectivity index (χ2n) is 8.50. The van der Waals surface area contributed by atoms with E-state index in [0.29, 0.717) is 6.42 Å². The van der Waals surface area contributed by atoms with Crippen molar-refractivity contribution in [2.75, 3.05) is 5.75 Å². The van der Waals surface area contributed by atoms with Gasteiger partial charge in [0.2, 0.25) is 0 Å². The standard InChI is InChI=1S/C23H48O4S.Na/c1-2-3-4-5-6-7-8-9-10-11-12-13-14-15-16-17-18-20-23(24)21-19-22-28(25,26)27;/h23-24H,2-22H2,1H3,(H,25,26,27);/q;+1/p-1. The molecule has 0 rings (SSSR count). The van der Waals surface area contributed by atoms with Crippen LogP contribution in [-0.2, 0) is 10.1 Å². The third-order valence-corrected chi connectivity index (χ3v) is 6.36. The van der Waals surface area contributed by atoms with Crippen LogP contribution in [0, 0.1) is 0 Å². The van der Waals surface area contributed by atoms with E-state index in [0.717, 1.165) is 19.3 Å². The molecular weight excluding hydrogens is 395 g/mol. The molecule has 0 bridgehead atoms. The Balaban J connectivity index is 0. The van der Waals surface area contributed by atoms with Gasteiger partial charge in [0.15, 0.2) is 0 Å². The monoisotopic (exact) mass is 442 g/mol.